The maximum absolute atomic E-state index is 3.21. The van der Waals surface area contributed by atoms with E-state index in [1.54, 1.807) is 0 Å². The van der Waals surface area contributed by atoms with Crippen molar-refractivity contribution in [3.8, 4) is 0 Å². The van der Waals surface area contributed by atoms with E-state index < -0.39 is 0 Å². The van der Waals surface area contributed by atoms with Crippen LogP contribution in [0.2, 0.25) is 13.1 Å². The average molecular weight is 141 g/mol. The maximum atomic E-state index is 3.21. The molecule has 0 atom stereocenters. The van der Waals surface area contributed by atoms with Crippen LogP contribution in [-0.4, -0.2) is 8.80 Å². The van der Waals surface area contributed by atoms with Crippen molar-refractivity contribution in [2.24, 2.45) is 0 Å². The molecule has 0 fully saturated rings. The van der Waals surface area contributed by atoms with Gasteiger partial charge in [0.2, 0.25) is 0 Å². The van der Waals surface area contributed by atoms with E-state index in [4.69, 9.17) is 0 Å². The van der Waals surface area contributed by atoms with Crippen molar-refractivity contribution in [3.05, 3.63) is 30.3 Å². The standard InChI is InChI=1S/C8H10Si.Li/c1-9(2)8-6-4-3-5-7-8;/h3-6H,1-2H3;/q-1;+1. The van der Waals surface area contributed by atoms with Gasteiger partial charge in [0.15, 0.2) is 0 Å². The Balaban J connectivity index is 0.000000810. The van der Waals surface area contributed by atoms with Crippen LogP contribution in [0.1, 0.15) is 0 Å². The van der Waals surface area contributed by atoms with Gasteiger partial charge in [-0.1, -0.05) is 13.1 Å². The first-order valence-corrected chi connectivity index (χ1v) is 5.58. The summed E-state index contributed by atoms with van der Waals surface area (Å²) < 4.78 is 0. The van der Waals surface area contributed by atoms with Crippen LogP contribution in [0.15, 0.2) is 24.3 Å². The maximum Gasteiger partial charge on any atom is 1.00 e. The fraction of sp³-hybridized carbons (Fsp3) is 0.250. The van der Waals surface area contributed by atoms with Crippen LogP contribution in [0.3, 0.4) is 0 Å². The minimum absolute atomic E-state index is 0. The zero-order valence-electron chi connectivity index (χ0n) is 6.81. The Kier molecular flexibility index (Phi) is 4.81. The van der Waals surface area contributed by atoms with Gasteiger partial charge in [0, 0.05) is 0 Å². The van der Waals surface area contributed by atoms with E-state index in [-0.39, 0.29) is 27.7 Å². The predicted molar refractivity (Wildman–Crippen MR) is 42.4 cm³/mol. The molecule has 1 rings (SSSR count). The smallest absolute Gasteiger partial charge is 0.185 e. The summed E-state index contributed by atoms with van der Waals surface area (Å²) >= 11 is 0. The Morgan fingerprint density at radius 1 is 1.30 bits per heavy atom. The van der Waals surface area contributed by atoms with Crippen LogP contribution in [-0.2, 0) is 0 Å². The summed E-state index contributed by atoms with van der Waals surface area (Å²) in [6.07, 6.45) is 0. The number of benzene rings is 1. The second kappa shape index (κ2) is 4.79. The van der Waals surface area contributed by atoms with E-state index in [0.29, 0.717) is 0 Å². The quantitative estimate of drug-likeness (QED) is 0.328. The van der Waals surface area contributed by atoms with Crippen LogP contribution in [0.4, 0.5) is 0 Å². The van der Waals surface area contributed by atoms with Crippen LogP contribution < -0.4 is 24.0 Å². The molecule has 1 radical (unpaired) electrons. The third-order valence-electron chi connectivity index (χ3n) is 1.25. The summed E-state index contributed by atoms with van der Waals surface area (Å²) in [4.78, 5) is 0. The molecule has 0 bridgehead atoms. The van der Waals surface area contributed by atoms with Crippen LogP contribution in [0.25, 0.3) is 0 Å². The molecule has 1 aromatic carbocycles. The molecule has 0 aromatic heterocycles. The van der Waals surface area contributed by atoms with Crippen LogP contribution in [0, 0.1) is 6.07 Å². The fourth-order valence-electron chi connectivity index (χ4n) is 0.704. The predicted octanol–water partition coefficient (Wildman–Crippen LogP) is -1.55. The van der Waals surface area contributed by atoms with E-state index in [1.807, 2.05) is 12.1 Å². The molecule has 2 heteroatoms. The van der Waals surface area contributed by atoms with Gasteiger partial charge in [0.05, 0.1) is 8.80 Å². The van der Waals surface area contributed by atoms with E-state index in [2.05, 4.69) is 31.3 Å². The van der Waals surface area contributed by atoms with E-state index in [0.717, 1.165) is 0 Å². The second-order valence-electron chi connectivity index (χ2n) is 2.28. The Morgan fingerprint density at radius 2 is 2.00 bits per heavy atom. The molecule has 0 spiro atoms. The molecule has 0 saturated carbocycles. The van der Waals surface area contributed by atoms with Crippen molar-refractivity contribution in [1.29, 1.82) is 0 Å². The zero-order valence-corrected chi connectivity index (χ0v) is 7.81. The van der Waals surface area contributed by atoms with Gasteiger partial charge in [-0.05, 0) is 0 Å². The Morgan fingerprint density at radius 3 is 2.30 bits per heavy atom. The van der Waals surface area contributed by atoms with E-state index >= 15 is 0 Å². The fourth-order valence-corrected chi connectivity index (χ4v) is 1.51. The van der Waals surface area contributed by atoms with Gasteiger partial charge in [-0.15, -0.1) is 0 Å². The van der Waals surface area contributed by atoms with Gasteiger partial charge >= 0.3 is 18.9 Å². The molecule has 0 saturated heterocycles. The normalized spacial score (nSPS) is 9.10. The summed E-state index contributed by atoms with van der Waals surface area (Å²) in [5.41, 5.74) is 0. The van der Waals surface area contributed by atoms with E-state index in [9.17, 15) is 0 Å². The van der Waals surface area contributed by atoms with Crippen molar-refractivity contribution >= 4 is 14.0 Å². The van der Waals surface area contributed by atoms with Gasteiger partial charge in [-0.3, -0.25) is 0 Å². The SMILES string of the molecule is C[Si](C)c1[c-]cccc1.[Li+]. The Bertz CT molecular complexity index is 172. The first-order chi connectivity index (χ1) is 4.30. The molecule has 0 heterocycles. The molecular formula is C8H10LiSi. The minimum Gasteiger partial charge on any atom is -0.185 e. The Hall–Kier alpha value is 0.0343. The number of rotatable bonds is 1. The summed E-state index contributed by atoms with van der Waals surface area (Å²) in [6, 6.07) is 11.4. The first kappa shape index (κ1) is 10.0. The van der Waals surface area contributed by atoms with Crippen molar-refractivity contribution < 1.29 is 18.9 Å². The summed E-state index contributed by atoms with van der Waals surface area (Å²) in [6.45, 7) is 4.55. The largest absolute Gasteiger partial charge is 1.00 e. The van der Waals surface area contributed by atoms with Gasteiger partial charge in [0.1, 0.15) is 0 Å². The first-order valence-electron chi connectivity index (χ1n) is 3.08. The second-order valence-corrected chi connectivity index (χ2v) is 4.81. The molecule has 10 heavy (non-hydrogen) atoms. The van der Waals surface area contributed by atoms with Crippen LogP contribution in [0.5, 0.6) is 0 Å². The number of hydrogen-bond acceptors (Lipinski definition) is 0. The van der Waals surface area contributed by atoms with Crippen molar-refractivity contribution in [2.75, 3.05) is 0 Å². The summed E-state index contributed by atoms with van der Waals surface area (Å²) in [5.74, 6) is 0. The third kappa shape index (κ3) is 2.75. The molecule has 0 aliphatic rings. The molecule has 0 aliphatic carbocycles. The van der Waals surface area contributed by atoms with Gasteiger partial charge < -0.3 is 0 Å². The summed E-state index contributed by atoms with van der Waals surface area (Å²) in [7, 11) is -0.268. The van der Waals surface area contributed by atoms with Crippen molar-refractivity contribution in [3.63, 3.8) is 0 Å². The Labute approximate surface area is 76.4 Å². The van der Waals surface area contributed by atoms with Crippen LogP contribution >= 0.6 is 0 Å². The van der Waals surface area contributed by atoms with Crippen molar-refractivity contribution in [1.82, 2.24) is 0 Å². The zero-order chi connectivity index (χ0) is 6.69. The third-order valence-corrected chi connectivity index (χ3v) is 2.64. The van der Waals surface area contributed by atoms with E-state index in [1.165, 1.54) is 5.19 Å². The van der Waals surface area contributed by atoms with Crippen molar-refractivity contribution in [2.45, 2.75) is 13.1 Å². The molecule has 0 amide bonds. The summed E-state index contributed by atoms with van der Waals surface area (Å²) in [5, 5.41) is 1.39. The molecule has 0 unspecified atom stereocenters. The molecule has 0 N–H and O–H groups in total. The molecule has 0 aliphatic heterocycles. The monoisotopic (exact) mass is 141 g/mol. The average Bonchev–Trinajstić information content (AvgIpc) is 1.90. The topological polar surface area (TPSA) is 0 Å². The molecule has 0 nitrogen and oxygen atoms in total. The molecule has 47 valence electrons. The molecular weight excluding hydrogens is 131 g/mol. The van der Waals surface area contributed by atoms with Gasteiger partial charge in [-0.25, -0.2) is 0 Å². The minimum atomic E-state index is -0.268. The van der Waals surface area contributed by atoms with Gasteiger partial charge in [0.25, 0.3) is 0 Å². The van der Waals surface area contributed by atoms with Gasteiger partial charge in [-0.2, -0.15) is 35.5 Å². The number of hydrogen-bond donors (Lipinski definition) is 0. The molecule has 1 aromatic rings.